The highest BCUT2D eigenvalue weighted by Gasteiger charge is 2.55. The minimum atomic E-state index is -2.37. The molecule has 0 radical (unpaired) electrons. The lowest BCUT2D eigenvalue weighted by atomic mass is 9.72. The quantitative estimate of drug-likeness (QED) is 0.0289. The number of nitrogens with zero attached hydrogens (tertiary/aromatic N) is 3. The molecule has 0 saturated carbocycles. The third-order valence-electron chi connectivity index (χ3n) is 18.3. The third kappa shape index (κ3) is 21.0. The first-order valence-electron chi connectivity index (χ1n) is 33.8. The van der Waals surface area contributed by atoms with Crippen LogP contribution >= 0.6 is 0 Å². The number of hydrogen-bond donors (Lipinski definition) is 7. The molecule has 33 nitrogen and oxygen atoms in total. The van der Waals surface area contributed by atoms with Gasteiger partial charge in [0.25, 0.3) is 5.91 Å². The van der Waals surface area contributed by atoms with Gasteiger partial charge in [-0.1, -0.05) is 12.1 Å². The van der Waals surface area contributed by atoms with Crippen molar-refractivity contribution in [3.63, 3.8) is 0 Å². The molecule has 0 aromatic heterocycles. The number of methoxy groups -OCH3 is 2. The first kappa shape index (κ1) is 78.9. The van der Waals surface area contributed by atoms with Gasteiger partial charge in [-0.25, -0.2) is 0 Å². The number of morpholine rings is 1. The van der Waals surface area contributed by atoms with E-state index in [9.17, 15) is 58.5 Å². The lowest BCUT2D eigenvalue weighted by molar-refractivity contribution is -0.256. The molecule has 7 aliphatic rings. The molecule has 8 N–H and O–H groups in total. The molecule has 0 spiro atoms. The maximum atomic E-state index is 14.2. The third-order valence-corrected chi connectivity index (χ3v) is 18.3. The zero-order chi connectivity index (χ0) is 71.9. The van der Waals surface area contributed by atoms with Crippen LogP contribution in [0.4, 0.5) is 0 Å². The van der Waals surface area contributed by atoms with Crippen LogP contribution in [-0.4, -0.2) is 308 Å². The number of phenols is 2. The van der Waals surface area contributed by atoms with Gasteiger partial charge in [0, 0.05) is 94.7 Å². The van der Waals surface area contributed by atoms with E-state index in [2.05, 4.69) is 10.2 Å². The second kappa shape index (κ2) is 39.0. The number of hydrogen-bond acceptors (Lipinski definition) is 28. The Balaban J connectivity index is 0.000000382. The maximum absolute atomic E-state index is 14.2. The van der Waals surface area contributed by atoms with Crippen molar-refractivity contribution < 1.29 is 135 Å². The van der Waals surface area contributed by atoms with Crippen molar-refractivity contribution in [2.24, 2.45) is 17.6 Å². The molecule has 2 unspecified atom stereocenters. The van der Waals surface area contributed by atoms with Gasteiger partial charge in [0.15, 0.2) is 30.4 Å². The number of amides is 3. The summed E-state index contributed by atoms with van der Waals surface area (Å²) in [6.45, 7) is 8.60. The number of carbonyl (C=O) groups excluding carboxylic acids is 7. The van der Waals surface area contributed by atoms with Gasteiger partial charge in [-0.15, -0.1) is 0 Å². The highest BCUT2D eigenvalue weighted by atomic mass is 16.7. The van der Waals surface area contributed by atoms with E-state index in [1.807, 2.05) is 6.92 Å². The average Bonchev–Trinajstić information content (AvgIpc) is 0.774. The summed E-state index contributed by atoms with van der Waals surface area (Å²) < 4.78 is 79.1. The van der Waals surface area contributed by atoms with Gasteiger partial charge in [-0.3, -0.25) is 48.1 Å². The summed E-state index contributed by atoms with van der Waals surface area (Å²) in [5.74, 6) is -7.23. The van der Waals surface area contributed by atoms with Crippen LogP contribution in [0.3, 0.4) is 0 Å². The number of fused-ring (bicyclic) bond motifs is 6. The number of aliphatic carboxylic acids is 2. The summed E-state index contributed by atoms with van der Waals surface area (Å²) in [5.41, 5.74) is 1.35. The van der Waals surface area contributed by atoms with Gasteiger partial charge < -0.3 is 113 Å². The second-order valence-corrected chi connectivity index (χ2v) is 24.9. The number of benzene rings is 2. The molecule has 33 heteroatoms. The van der Waals surface area contributed by atoms with Crippen molar-refractivity contribution in [1.82, 2.24) is 20.0 Å². The number of carboxylic acids is 2. The molecule has 9 rings (SSSR count). The van der Waals surface area contributed by atoms with Crippen molar-refractivity contribution in [1.29, 1.82) is 0 Å². The molecular weight excluding hydrogens is 1320 g/mol. The summed E-state index contributed by atoms with van der Waals surface area (Å²) in [5, 5.41) is 56.8. The molecule has 3 amide bonds. The van der Waals surface area contributed by atoms with E-state index in [-0.39, 0.29) is 156 Å². The molecule has 5 aliphatic heterocycles. The minimum absolute atomic E-state index is 0.0178. The number of carboxylic acid groups (broad SMARTS) is 2. The van der Waals surface area contributed by atoms with E-state index in [1.165, 1.54) is 32.4 Å². The Kier molecular flexibility index (Phi) is 30.8. The molecule has 100 heavy (non-hydrogen) atoms. The Labute approximate surface area is 578 Å². The molecule has 10 atom stereocenters. The molecule has 2 aliphatic carbocycles. The highest BCUT2D eigenvalue weighted by Crippen LogP contribution is 2.53. The predicted octanol–water partition coefficient (Wildman–Crippen LogP) is -0.0912. The SMILES string of the molecule is COc1cccc2c1C(=O)c1c(O)c3c(c(O)c1C2=O)C[C@@](O)(C(=O)NCC(=O)CCOCCOCCOCCOCCC(=O)N1CCC(C(=O)O)C1)C[C@@H]3O[C@H]1C[C@H]2[C@H](O[C@@H]3[C@@H](OC)OCCN32)[C@H](C)O1.NCC(=O)CCOCCOCCOCCOCCC(=O)N1CCC(C(=O)O)C1. The summed E-state index contributed by atoms with van der Waals surface area (Å²) >= 11 is 0. The van der Waals surface area contributed by atoms with Crippen molar-refractivity contribution in [2.45, 2.75) is 113 Å². The number of nitrogens with one attached hydrogen (secondary N) is 1. The maximum Gasteiger partial charge on any atom is 0.308 e. The zero-order valence-electron chi connectivity index (χ0n) is 56.8. The summed E-state index contributed by atoms with van der Waals surface area (Å²) in [4.78, 5) is 117. The highest BCUT2D eigenvalue weighted by molar-refractivity contribution is 6.31. The average molecular weight is 1420 g/mol. The van der Waals surface area contributed by atoms with Gasteiger partial charge in [-0.05, 0) is 25.8 Å². The van der Waals surface area contributed by atoms with Crippen LogP contribution in [0.25, 0.3) is 0 Å². The van der Waals surface area contributed by atoms with E-state index >= 15 is 0 Å². The molecule has 5 saturated heterocycles. The first-order chi connectivity index (χ1) is 48.2. The molecule has 0 bridgehead atoms. The molecule has 556 valence electrons. The number of phenolic OH excluding ortho intramolecular Hbond substituents is 2. The van der Waals surface area contributed by atoms with Crippen molar-refractivity contribution in [2.75, 3.05) is 172 Å². The number of ketones is 4. The van der Waals surface area contributed by atoms with E-state index < -0.39 is 132 Å². The van der Waals surface area contributed by atoms with E-state index in [0.29, 0.717) is 91.8 Å². The summed E-state index contributed by atoms with van der Waals surface area (Å²) in [6.07, 6.45) is -3.79. The first-order valence-corrected chi connectivity index (χ1v) is 33.8. The van der Waals surface area contributed by atoms with Crippen molar-refractivity contribution in [3.8, 4) is 17.2 Å². The fraction of sp³-hybridized carbons (Fsp3) is 0.687. The van der Waals surface area contributed by atoms with Gasteiger partial charge in [0.05, 0.1) is 186 Å². The number of Topliss-reactive ketones (excluding diaryl/α,β-unsaturated/α-hetero) is 2. The number of ether oxygens (including phenoxy) is 14. The van der Waals surface area contributed by atoms with E-state index in [1.54, 1.807) is 9.80 Å². The zero-order valence-corrected chi connectivity index (χ0v) is 56.8. The molecular formula is C67H95N5O28. The lowest BCUT2D eigenvalue weighted by Crippen LogP contribution is -2.55. The largest absolute Gasteiger partial charge is 0.507 e. The number of likely N-dealkylation sites (tertiary alicyclic amines) is 2. The Morgan fingerprint density at radius 2 is 1.16 bits per heavy atom. The van der Waals surface area contributed by atoms with Gasteiger partial charge in [-0.2, -0.15) is 0 Å². The smallest absolute Gasteiger partial charge is 0.308 e. The number of carbonyl (C=O) groups is 9. The van der Waals surface area contributed by atoms with E-state index in [4.69, 9.17) is 82.3 Å². The van der Waals surface area contributed by atoms with Gasteiger partial charge in [0.1, 0.15) is 34.7 Å². The number of aliphatic hydroxyl groups is 1. The standard InChI is InChI=1S/C49H63N3O20.C18H32N2O8/c1-26-44-31(52-11-14-69-47(64-3)45(52)72-44)21-35(70-26)71-33-23-49(62,22-30-37(33)43(58)39-38(41(30)56)40(55)29-5-4-6-32(63-2)36(29)42(39)57)48(61)50-24-28(53)8-12-65-15-17-67-19-20-68-18-16-66-13-9-34(54)51-10-7-27(25-51)46(59)60;19-13-16(21)2-5-25-7-9-27-11-12-28-10-8-26-6-3-17(22)20-4-1-15(14-20)18(23)24/h4-6,26-27,31,33,35,44-45,47,56,58,62H,7-25H2,1-3H3,(H,50,61)(H,59,60);15H,1-14,19H2,(H,23,24)/t26-,27?,31-,33-,35-,44+,45+,47-,49-;/m0./s1. The minimum Gasteiger partial charge on any atom is -0.507 e. The molecule has 2 aromatic rings. The Bertz CT molecular complexity index is 3140. The number of rotatable bonds is 40. The second-order valence-electron chi connectivity index (χ2n) is 24.9. The molecule has 2 aromatic carbocycles. The van der Waals surface area contributed by atoms with Crippen LogP contribution in [0.5, 0.6) is 17.2 Å². The van der Waals surface area contributed by atoms with Crippen LogP contribution in [0.15, 0.2) is 18.2 Å². The number of aromatic hydroxyl groups is 2. The fourth-order valence-electron chi connectivity index (χ4n) is 12.9. The normalized spacial score (nSPS) is 24.5. The Hall–Kier alpha value is -6.77. The van der Waals surface area contributed by atoms with Gasteiger partial charge in [0.2, 0.25) is 17.6 Å². The fourth-order valence-corrected chi connectivity index (χ4v) is 12.9. The van der Waals surface area contributed by atoms with Crippen LogP contribution in [-0.2, 0) is 102 Å². The topological polar surface area (TPSA) is 432 Å². The predicted molar refractivity (Wildman–Crippen MR) is 343 cm³/mol. The lowest BCUT2D eigenvalue weighted by Gasteiger charge is -2.43. The van der Waals surface area contributed by atoms with Crippen LogP contribution in [0.1, 0.15) is 107 Å². The summed E-state index contributed by atoms with van der Waals surface area (Å²) in [6, 6.07) is 4.16. The Morgan fingerprint density at radius 3 is 1.66 bits per heavy atom. The van der Waals surface area contributed by atoms with Gasteiger partial charge >= 0.3 is 11.9 Å². The molecule has 5 heterocycles. The Morgan fingerprint density at radius 1 is 0.650 bits per heavy atom. The summed E-state index contributed by atoms with van der Waals surface area (Å²) in [7, 11) is 2.85. The molecule has 5 fully saturated rings. The van der Waals surface area contributed by atoms with Crippen molar-refractivity contribution >= 4 is 52.8 Å². The van der Waals surface area contributed by atoms with E-state index in [0.717, 1.165) is 0 Å². The van der Waals surface area contributed by atoms with Crippen LogP contribution in [0.2, 0.25) is 0 Å². The monoisotopic (exact) mass is 1420 g/mol. The van der Waals surface area contributed by atoms with Crippen molar-refractivity contribution in [3.05, 3.63) is 51.6 Å². The number of nitrogens with two attached hydrogens (primary N) is 1. The van der Waals surface area contributed by atoms with Crippen LogP contribution < -0.4 is 15.8 Å². The van der Waals surface area contributed by atoms with Crippen LogP contribution in [0, 0.1) is 11.8 Å².